The number of carbonyl (C=O) groups excluding carboxylic acids is 2. The molecule has 0 saturated carbocycles. The number of hydrogen-bond acceptors (Lipinski definition) is 6. The molecule has 2 aromatic rings. The number of fused-ring (bicyclic) bond motifs is 1. The molecule has 1 aliphatic rings. The molecule has 35 heavy (non-hydrogen) atoms. The highest BCUT2D eigenvalue weighted by molar-refractivity contribution is 5.91. The van der Waals surface area contributed by atoms with Crippen LogP contribution >= 0.6 is 0 Å². The number of nitrogens with zero attached hydrogens (tertiary/aromatic N) is 2. The van der Waals surface area contributed by atoms with Gasteiger partial charge in [0.05, 0.1) is 39.2 Å². The smallest absolute Gasteiger partial charge is 0.414 e. The van der Waals surface area contributed by atoms with E-state index in [-0.39, 0.29) is 24.8 Å². The molecule has 0 spiro atoms. The van der Waals surface area contributed by atoms with Crippen molar-refractivity contribution in [2.24, 2.45) is 0 Å². The van der Waals surface area contributed by atoms with Crippen LogP contribution in [-0.4, -0.2) is 50.6 Å². The Kier molecular flexibility index (Phi) is 9.23. The number of benzene rings is 2. The van der Waals surface area contributed by atoms with Gasteiger partial charge in [-0.3, -0.25) is 9.80 Å². The van der Waals surface area contributed by atoms with Crippen molar-refractivity contribution in [1.29, 1.82) is 0 Å². The molecular formula is C27H36N2O6. The van der Waals surface area contributed by atoms with Crippen LogP contribution in [0, 0.1) is 0 Å². The van der Waals surface area contributed by atoms with Gasteiger partial charge in [0, 0.05) is 24.2 Å². The minimum atomic E-state index is -0.438. The van der Waals surface area contributed by atoms with E-state index in [0.29, 0.717) is 36.8 Å². The fourth-order valence-corrected chi connectivity index (χ4v) is 4.39. The summed E-state index contributed by atoms with van der Waals surface area (Å²) < 4.78 is 22.1. The largest absolute Gasteiger partial charge is 0.493 e. The van der Waals surface area contributed by atoms with Crippen molar-refractivity contribution < 1.29 is 28.5 Å². The number of ether oxygens (including phenoxy) is 4. The number of amides is 2. The third-order valence-corrected chi connectivity index (χ3v) is 6.15. The zero-order valence-corrected chi connectivity index (χ0v) is 21.3. The molecule has 0 saturated heterocycles. The standard InChI is InChI=1S/C27H36N2O6/c1-6-8-14-35-26(30)28(18-20-12-10-9-11-13-20)22-15-19(3)29(27(31)34-7-2)23-17-25(33-5)24(32-4)16-21(22)23/h9-13,16-17,19,22H,6-8,14-15,18H2,1-5H3/t19-,22+/m1/s1. The number of anilines is 1. The fourth-order valence-electron chi connectivity index (χ4n) is 4.39. The Bertz CT molecular complexity index is 997. The van der Waals surface area contributed by atoms with Crippen LogP contribution in [0.4, 0.5) is 15.3 Å². The molecule has 8 heteroatoms. The molecule has 0 aliphatic carbocycles. The summed E-state index contributed by atoms with van der Waals surface area (Å²) in [7, 11) is 3.12. The van der Waals surface area contributed by atoms with Gasteiger partial charge < -0.3 is 18.9 Å². The van der Waals surface area contributed by atoms with Crippen molar-refractivity contribution >= 4 is 17.9 Å². The normalized spacial score (nSPS) is 16.8. The quantitative estimate of drug-likeness (QED) is 0.410. The van der Waals surface area contributed by atoms with E-state index in [0.717, 1.165) is 24.0 Å². The Morgan fingerprint density at radius 3 is 2.34 bits per heavy atom. The Labute approximate surface area is 207 Å². The highest BCUT2D eigenvalue weighted by Crippen LogP contribution is 2.46. The van der Waals surface area contributed by atoms with Crippen LogP contribution in [0.25, 0.3) is 0 Å². The summed E-state index contributed by atoms with van der Waals surface area (Å²) in [6, 6.07) is 12.8. The lowest BCUT2D eigenvalue weighted by atomic mass is 9.90. The van der Waals surface area contributed by atoms with Gasteiger partial charge in [0.2, 0.25) is 0 Å². The molecule has 0 unspecified atom stereocenters. The number of rotatable bonds is 9. The summed E-state index contributed by atoms with van der Waals surface area (Å²) in [5, 5.41) is 0. The van der Waals surface area contributed by atoms with Crippen LogP contribution < -0.4 is 14.4 Å². The van der Waals surface area contributed by atoms with Crippen LogP contribution in [-0.2, 0) is 16.0 Å². The maximum absolute atomic E-state index is 13.4. The molecule has 0 fully saturated rings. The van der Waals surface area contributed by atoms with Crippen LogP contribution in [0.5, 0.6) is 11.5 Å². The second kappa shape index (κ2) is 12.3. The lowest BCUT2D eigenvalue weighted by Gasteiger charge is -2.42. The van der Waals surface area contributed by atoms with Crippen molar-refractivity contribution in [1.82, 2.24) is 4.90 Å². The molecule has 8 nitrogen and oxygen atoms in total. The van der Waals surface area contributed by atoms with E-state index in [2.05, 4.69) is 6.92 Å². The molecule has 0 bridgehead atoms. The molecule has 2 amide bonds. The molecule has 3 rings (SSSR count). The number of unbranched alkanes of at least 4 members (excludes halogenated alkanes) is 1. The van der Waals surface area contributed by atoms with Crippen molar-refractivity contribution in [3.05, 3.63) is 53.6 Å². The first-order chi connectivity index (χ1) is 16.9. The van der Waals surface area contributed by atoms with Gasteiger partial charge in [-0.1, -0.05) is 43.7 Å². The molecule has 0 aromatic heterocycles. The van der Waals surface area contributed by atoms with E-state index in [9.17, 15) is 9.59 Å². The number of methoxy groups -OCH3 is 2. The maximum atomic E-state index is 13.4. The van der Waals surface area contributed by atoms with E-state index in [1.165, 1.54) is 0 Å². The van der Waals surface area contributed by atoms with Crippen LogP contribution in [0.15, 0.2) is 42.5 Å². The van der Waals surface area contributed by atoms with Gasteiger partial charge in [-0.2, -0.15) is 0 Å². The summed E-state index contributed by atoms with van der Waals surface area (Å²) in [6.07, 6.45) is 1.42. The third-order valence-electron chi connectivity index (χ3n) is 6.15. The zero-order valence-electron chi connectivity index (χ0n) is 21.3. The topological polar surface area (TPSA) is 77.5 Å². The first-order valence-electron chi connectivity index (χ1n) is 12.1. The Hall–Kier alpha value is -3.42. The summed E-state index contributed by atoms with van der Waals surface area (Å²) in [5.41, 5.74) is 2.39. The number of hydrogen-bond donors (Lipinski definition) is 0. The van der Waals surface area contributed by atoms with Crippen molar-refractivity contribution in [3.63, 3.8) is 0 Å². The molecule has 1 aliphatic heterocycles. The first-order valence-corrected chi connectivity index (χ1v) is 12.1. The molecular weight excluding hydrogens is 448 g/mol. The van der Waals surface area contributed by atoms with Crippen LogP contribution in [0.1, 0.15) is 57.2 Å². The summed E-state index contributed by atoms with van der Waals surface area (Å²) in [6.45, 7) is 6.77. The fraction of sp³-hybridized carbons (Fsp3) is 0.481. The molecule has 2 aromatic carbocycles. The third kappa shape index (κ3) is 5.99. The molecule has 1 heterocycles. The second-order valence-electron chi connectivity index (χ2n) is 8.52. The molecule has 2 atom stereocenters. The van der Waals surface area contributed by atoms with E-state index in [4.69, 9.17) is 18.9 Å². The maximum Gasteiger partial charge on any atom is 0.414 e. The minimum Gasteiger partial charge on any atom is -0.493 e. The monoisotopic (exact) mass is 484 g/mol. The highest BCUT2D eigenvalue weighted by atomic mass is 16.6. The van der Waals surface area contributed by atoms with E-state index in [1.54, 1.807) is 37.0 Å². The predicted molar refractivity (Wildman–Crippen MR) is 134 cm³/mol. The predicted octanol–water partition coefficient (Wildman–Crippen LogP) is 5.94. The minimum absolute atomic E-state index is 0.230. The average molecular weight is 485 g/mol. The van der Waals surface area contributed by atoms with Gasteiger partial charge in [0.1, 0.15) is 0 Å². The summed E-state index contributed by atoms with van der Waals surface area (Å²) in [4.78, 5) is 29.7. The zero-order chi connectivity index (χ0) is 25.4. The van der Waals surface area contributed by atoms with E-state index in [1.807, 2.05) is 43.3 Å². The van der Waals surface area contributed by atoms with Crippen molar-refractivity contribution in [3.8, 4) is 11.5 Å². The lowest BCUT2D eigenvalue weighted by molar-refractivity contribution is 0.0761. The Morgan fingerprint density at radius 2 is 1.71 bits per heavy atom. The number of carbonyl (C=O) groups is 2. The van der Waals surface area contributed by atoms with Gasteiger partial charge in [-0.15, -0.1) is 0 Å². The average Bonchev–Trinajstić information content (AvgIpc) is 2.86. The van der Waals surface area contributed by atoms with Crippen molar-refractivity contribution in [2.45, 2.75) is 58.7 Å². The highest BCUT2D eigenvalue weighted by Gasteiger charge is 2.40. The lowest BCUT2D eigenvalue weighted by Crippen LogP contribution is -2.47. The Morgan fingerprint density at radius 1 is 1.03 bits per heavy atom. The summed E-state index contributed by atoms with van der Waals surface area (Å²) >= 11 is 0. The Balaban J connectivity index is 2.10. The van der Waals surface area contributed by atoms with Crippen LogP contribution in [0.2, 0.25) is 0 Å². The molecule has 0 radical (unpaired) electrons. The van der Waals surface area contributed by atoms with Gasteiger partial charge in [0.15, 0.2) is 11.5 Å². The molecule has 190 valence electrons. The van der Waals surface area contributed by atoms with E-state index < -0.39 is 6.09 Å². The van der Waals surface area contributed by atoms with Gasteiger partial charge >= 0.3 is 12.2 Å². The van der Waals surface area contributed by atoms with Crippen LogP contribution in [0.3, 0.4) is 0 Å². The van der Waals surface area contributed by atoms with Gasteiger partial charge in [-0.05, 0) is 38.3 Å². The summed E-state index contributed by atoms with van der Waals surface area (Å²) in [5.74, 6) is 1.02. The van der Waals surface area contributed by atoms with E-state index >= 15 is 0 Å². The SMILES string of the molecule is CCCCOC(=O)N(Cc1ccccc1)[C@H]1C[C@@H](C)N(C(=O)OCC)c2cc(OC)c(OC)cc21. The second-order valence-corrected chi connectivity index (χ2v) is 8.52. The van der Waals surface area contributed by atoms with Gasteiger partial charge in [0.25, 0.3) is 0 Å². The van der Waals surface area contributed by atoms with Gasteiger partial charge in [-0.25, -0.2) is 9.59 Å². The van der Waals surface area contributed by atoms with Crippen molar-refractivity contribution in [2.75, 3.05) is 32.3 Å². The first kappa shape index (κ1) is 26.2. The molecule has 0 N–H and O–H groups in total.